The maximum Gasteiger partial charge on any atom is 0.222 e. The van der Waals surface area contributed by atoms with Crippen LogP contribution < -0.4 is 20.5 Å². The van der Waals surface area contributed by atoms with Gasteiger partial charge in [0.25, 0.3) is 0 Å². The van der Waals surface area contributed by atoms with E-state index in [2.05, 4.69) is 5.32 Å². The van der Waals surface area contributed by atoms with E-state index in [0.717, 1.165) is 11.3 Å². The van der Waals surface area contributed by atoms with E-state index in [0.29, 0.717) is 18.9 Å². The van der Waals surface area contributed by atoms with Crippen molar-refractivity contribution in [3.8, 4) is 11.5 Å². The van der Waals surface area contributed by atoms with Crippen molar-refractivity contribution in [1.29, 1.82) is 0 Å². The third-order valence-electron chi connectivity index (χ3n) is 3.73. The third kappa shape index (κ3) is 4.63. The van der Waals surface area contributed by atoms with Gasteiger partial charge in [-0.05, 0) is 17.7 Å². The summed E-state index contributed by atoms with van der Waals surface area (Å²) >= 11 is 0. The predicted molar refractivity (Wildman–Crippen MR) is 94.6 cm³/mol. The van der Waals surface area contributed by atoms with Gasteiger partial charge in [-0.1, -0.05) is 42.5 Å². The van der Waals surface area contributed by atoms with Crippen LogP contribution in [0.25, 0.3) is 0 Å². The molecular formula is C18H21ClN2O3. The number of carbonyl (C=O) groups is 1. The second kappa shape index (κ2) is 8.57. The molecule has 0 radical (unpaired) electrons. The first-order valence-corrected chi connectivity index (χ1v) is 7.68. The Morgan fingerprint density at radius 1 is 1.12 bits per heavy atom. The molecule has 5 nitrogen and oxygen atoms in total. The maximum atomic E-state index is 12.0. The van der Waals surface area contributed by atoms with Crippen molar-refractivity contribution in [1.82, 2.24) is 5.32 Å². The Morgan fingerprint density at radius 2 is 1.79 bits per heavy atom. The fourth-order valence-electron chi connectivity index (χ4n) is 2.48. The highest BCUT2D eigenvalue weighted by Gasteiger charge is 2.21. The second-order valence-electron chi connectivity index (χ2n) is 5.52. The smallest absolute Gasteiger partial charge is 0.222 e. The zero-order valence-electron chi connectivity index (χ0n) is 13.2. The Labute approximate surface area is 147 Å². The summed E-state index contributed by atoms with van der Waals surface area (Å²) in [6, 6.07) is 16.8. The standard InChI is InChI=1S/C18H20N2O3.ClH/c19-15(13-6-2-1-3-7-13)10-18(21)20-11-14-12-22-16-8-4-5-9-17(16)23-14;/h1-9,14-15H,10-12,19H2,(H,20,21);1H. The lowest BCUT2D eigenvalue weighted by molar-refractivity contribution is -0.122. The number of hydrogen-bond acceptors (Lipinski definition) is 4. The van der Waals surface area contributed by atoms with Crippen molar-refractivity contribution in [2.45, 2.75) is 18.6 Å². The first-order valence-electron chi connectivity index (χ1n) is 7.68. The number of carbonyl (C=O) groups excluding carboxylic acids is 1. The average molecular weight is 349 g/mol. The summed E-state index contributed by atoms with van der Waals surface area (Å²) in [5.74, 6) is 1.35. The minimum atomic E-state index is -0.305. The lowest BCUT2D eigenvalue weighted by atomic mass is 10.0. The van der Waals surface area contributed by atoms with Gasteiger partial charge in [-0.2, -0.15) is 0 Å². The van der Waals surface area contributed by atoms with Crippen LogP contribution in [0.1, 0.15) is 18.0 Å². The topological polar surface area (TPSA) is 73.6 Å². The highest BCUT2D eigenvalue weighted by molar-refractivity contribution is 5.85. The highest BCUT2D eigenvalue weighted by Crippen LogP contribution is 2.30. The first-order chi connectivity index (χ1) is 11.2. The predicted octanol–water partition coefficient (Wildman–Crippen LogP) is 2.45. The molecular weight excluding hydrogens is 328 g/mol. The summed E-state index contributed by atoms with van der Waals surface area (Å²) in [5, 5.41) is 2.86. The summed E-state index contributed by atoms with van der Waals surface area (Å²) in [6.45, 7) is 0.816. The first kappa shape index (κ1) is 18.1. The summed E-state index contributed by atoms with van der Waals surface area (Å²) in [4.78, 5) is 12.0. The Balaban J connectivity index is 0.00000208. The van der Waals surface area contributed by atoms with E-state index in [1.54, 1.807) is 0 Å². The van der Waals surface area contributed by atoms with Crippen LogP contribution in [-0.2, 0) is 4.79 Å². The molecule has 0 saturated carbocycles. The third-order valence-corrected chi connectivity index (χ3v) is 3.73. The zero-order chi connectivity index (χ0) is 16.1. The molecule has 128 valence electrons. The Kier molecular flexibility index (Phi) is 6.46. The number of hydrogen-bond donors (Lipinski definition) is 2. The van der Waals surface area contributed by atoms with E-state index >= 15 is 0 Å². The minimum Gasteiger partial charge on any atom is -0.486 e. The Hall–Kier alpha value is -2.24. The fourth-order valence-corrected chi connectivity index (χ4v) is 2.48. The molecule has 0 spiro atoms. The SMILES string of the molecule is Cl.NC(CC(=O)NCC1COc2ccccc2O1)c1ccccc1. The van der Waals surface area contributed by atoms with Crippen molar-refractivity contribution in [3.05, 3.63) is 60.2 Å². The molecule has 2 atom stereocenters. The molecule has 3 N–H and O–H groups in total. The molecule has 2 unspecified atom stereocenters. The van der Waals surface area contributed by atoms with Gasteiger partial charge in [0.1, 0.15) is 12.7 Å². The number of nitrogens with one attached hydrogen (secondary N) is 1. The van der Waals surface area contributed by atoms with Crippen LogP contribution in [0.5, 0.6) is 11.5 Å². The number of fused-ring (bicyclic) bond motifs is 1. The molecule has 0 fully saturated rings. The number of ether oxygens (including phenoxy) is 2. The van der Waals surface area contributed by atoms with Gasteiger partial charge in [0.2, 0.25) is 5.91 Å². The van der Waals surface area contributed by atoms with Gasteiger partial charge in [-0.3, -0.25) is 4.79 Å². The Bertz CT molecular complexity index is 666. The van der Waals surface area contributed by atoms with Crippen LogP contribution in [0.2, 0.25) is 0 Å². The minimum absolute atomic E-state index is 0. The van der Waals surface area contributed by atoms with Crippen LogP contribution in [0.15, 0.2) is 54.6 Å². The summed E-state index contributed by atoms with van der Waals surface area (Å²) in [7, 11) is 0. The summed E-state index contributed by atoms with van der Waals surface area (Å²) in [6.07, 6.45) is 0.0514. The fraction of sp³-hybridized carbons (Fsp3) is 0.278. The normalized spacial score (nSPS) is 16.6. The van der Waals surface area contributed by atoms with Crippen LogP contribution in [-0.4, -0.2) is 25.2 Å². The number of amides is 1. The van der Waals surface area contributed by atoms with Gasteiger partial charge in [0.05, 0.1) is 6.54 Å². The molecule has 1 aliphatic heterocycles. The molecule has 24 heavy (non-hydrogen) atoms. The molecule has 2 aromatic rings. The molecule has 0 saturated heterocycles. The molecule has 2 aromatic carbocycles. The van der Waals surface area contributed by atoms with E-state index in [1.165, 1.54) is 0 Å². The number of rotatable bonds is 5. The number of benzene rings is 2. The number of para-hydroxylation sites is 2. The summed E-state index contributed by atoms with van der Waals surface area (Å²) in [5.41, 5.74) is 7.00. The van der Waals surface area contributed by atoms with Gasteiger partial charge in [0.15, 0.2) is 11.5 Å². The van der Waals surface area contributed by atoms with Crippen LogP contribution in [0.4, 0.5) is 0 Å². The molecule has 1 amide bonds. The van der Waals surface area contributed by atoms with E-state index < -0.39 is 0 Å². The van der Waals surface area contributed by atoms with E-state index in [1.807, 2.05) is 54.6 Å². The number of nitrogens with two attached hydrogens (primary N) is 1. The lowest BCUT2D eigenvalue weighted by Crippen LogP contribution is -2.41. The lowest BCUT2D eigenvalue weighted by Gasteiger charge is -2.26. The van der Waals surface area contributed by atoms with Crippen molar-refractivity contribution in [3.63, 3.8) is 0 Å². The average Bonchev–Trinajstić information content (AvgIpc) is 2.60. The quantitative estimate of drug-likeness (QED) is 0.870. The van der Waals surface area contributed by atoms with Gasteiger partial charge in [-0.25, -0.2) is 0 Å². The van der Waals surface area contributed by atoms with Crippen LogP contribution in [0.3, 0.4) is 0 Å². The van der Waals surface area contributed by atoms with Gasteiger partial charge < -0.3 is 20.5 Å². The van der Waals surface area contributed by atoms with E-state index in [-0.39, 0.29) is 36.9 Å². The van der Waals surface area contributed by atoms with Gasteiger partial charge >= 0.3 is 0 Å². The van der Waals surface area contributed by atoms with E-state index in [9.17, 15) is 4.79 Å². The second-order valence-corrected chi connectivity index (χ2v) is 5.52. The molecule has 0 aromatic heterocycles. The Morgan fingerprint density at radius 3 is 2.54 bits per heavy atom. The largest absolute Gasteiger partial charge is 0.486 e. The van der Waals surface area contributed by atoms with E-state index in [4.69, 9.17) is 15.2 Å². The van der Waals surface area contributed by atoms with Crippen LogP contribution in [0, 0.1) is 0 Å². The maximum absolute atomic E-state index is 12.0. The van der Waals surface area contributed by atoms with Crippen molar-refractivity contribution in [2.24, 2.45) is 5.73 Å². The van der Waals surface area contributed by atoms with Gasteiger partial charge in [-0.15, -0.1) is 12.4 Å². The van der Waals surface area contributed by atoms with Crippen molar-refractivity contribution in [2.75, 3.05) is 13.2 Å². The molecule has 0 aliphatic carbocycles. The van der Waals surface area contributed by atoms with Crippen LogP contribution >= 0.6 is 12.4 Å². The molecule has 0 bridgehead atoms. The molecule has 3 rings (SSSR count). The van der Waals surface area contributed by atoms with Crippen molar-refractivity contribution < 1.29 is 14.3 Å². The zero-order valence-corrected chi connectivity index (χ0v) is 14.0. The van der Waals surface area contributed by atoms with Crippen molar-refractivity contribution >= 4 is 18.3 Å². The number of halogens is 1. The molecule has 6 heteroatoms. The summed E-state index contributed by atoms with van der Waals surface area (Å²) < 4.78 is 11.4. The molecule has 1 aliphatic rings. The monoisotopic (exact) mass is 348 g/mol. The molecule has 1 heterocycles. The highest BCUT2D eigenvalue weighted by atomic mass is 35.5. The van der Waals surface area contributed by atoms with Gasteiger partial charge in [0, 0.05) is 12.5 Å².